The third-order valence-corrected chi connectivity index (χ3v) is 4.10. The molecule has 1 atom stereocenters. The Balaban J connectivity index is 1.87. The summed E-state index contributed by atoms with van der Waals surface area (Å²) in [5.41, 5.74) is -0.557. The van der Waals surface area contributed by atoms with Gasteiger partial charge >= 0.3 is 0 Å². The fourth-order valence-corrected chi connectivity index (χ4v) is 2.60. The van der Waals surface area contributed by atoms with E-state index in [0.717, 1.165) is 25.9 Å². The highest BCUT2D eigenvalue weighted by atomic mass is 16.5. The van der Waals surface area contributed by atoms with E-state index >= 15 is 0 Å². The zero-order valence-corrected chi connectivity index (χ0v) is 11.4. The van der Waals surface area contributed by atoms with Crippen molar-refractivity contribution in [1.29, 1.82) is 0 Å². The third kappa shape index (κ3) is 3.22. The molecule has 0 aromatic carbocycles. The second-order valence-corrected chi connectivity index (χ2v) is 5.65. The molecule has 0 radical (unpaired) electrons. The lowest BCUT2D eigenvalue weighted by atomic mass is 9.93. The lowest BCUT2D eigenvalue weighted by Gasteiger charge is -2.40. The van der Waals surface area contributed by atoms with Crippen LogP contribution in [0.5, 0.6) is 0 Å². The van der Waals surface area contributed by atoms with Crippen molar-refractivity contribution in [3.05, 3.63) is 0 Å². The summed E-state index contributed by atoms with van der Waals surface area (Å²) in [6.45, 7) is 8.13. The van der Waals surface area contributed by atoms with E-state index in [9.17, 15) is 9.90 Å². The van der Waals surface area contributed by atoms with Gasteiger partial charge in [0.1, 0.15) is 0 Å². The van der Waals surface area contributed by atoms with Gasteiger partial charge in [-0.25, -0.2) is 0 Å². The average molecular weight is 256 g/mol. The Bertz CT molecular complexity index is 291. The molecule has 1 N–H and O–H groups in total. The standard InChI is InChI=1S/C13H24N2O3/c1-11(12(16)15-7-9-18-10-8-15)14-5-3-13(2,17)4-6-14/h11,17H,3-10H2,1-2H3. The van der Waals surface area contributed by atoms with Gasteiger partial charge in [-0.15, -0.1) is 0 Å². The second kappa shape index (κ2) is 5.55. The SMILES string of the molecule is CC(C(=O)N1CCOCC1)N1CCC(C)(O)CC1. The Morgan fingerprint density at radius 2 is 1.78 bits per heavy atom. The molecule has 5 nitrogen and oxygen atoms in total. The minimum Gasteiger partial charge on any atom is -0.390 e. The van der Waals surface area contributed by atoms with Crippen LogP contribution in [-0.4, -0.2) is 71.8 Å². The van der Waals surface area contributed by atoms with Crippen molar-refractivity contribution in [3.8, 4) is 0 Å². The number of aliphatic hydroxyl groups is 1. The maximum absolute atomic E-state index is 12.3. The number of hydrogen-bond donors (Lipinski definition) is 1. The van der Waals surface area contributed by atoms with E-state index in [1.54, 1.807) is 0 Å². The van der Waals surface area contributed by atoms with E-state index in [1.807, 2.05) is 18.7 Å². The van der Waals surface area contributed by atoms with Crippen molar-refractivity contribution in [2.45, 2.75) is 38.3 Å². The maximum Gasteiger partial charge on any atom is 0.239 e. The molecule has 0 bridgehead atoms. The molecule has 2 aliphatic rings. The van der Waals surface area contributed by atoms with Crippen LogP contribution >= 0.6 is 0 Å². The van der Waals surface area contributed by atoms with Crippen molar-refractivity contribution < 1.29 is 14.6 Å². The van der Waals surface area contributed by atoms with E-state index < -0.39 is 5.60 Å². The summed E-state index contributed by atoms with van der Waals surface area (Å²) in [5.74, 6) is 0.194. The van der Waals surface area contributed by atoms with Gasteiger partial charge in [-0.1, -0.05) is 0 Å². The lowest BCUT2D eigenvalue weighted by molar-refractivity contribution is -0.142. The summed E-state index contributed by atoms with van der Waals surface area (Å²) in [5, 5.41) is 9.92. The Morgan fingerprint density at radius 1 is 1.22 bits per heavy atom. The monoisotopic (exact) mass is 256 g/mol. The molecule has 1 unspecified atom stereocenters. The van der Waals surface area contributed by atoms with Crippen molar-refractivity contribution in [2.24, 2.45) is 0 Å². The van der Waals surface area contributed by atoms with Crippen molar-refractivity contribution in [2.75, 3.05) is 39.4 Å². The number of hydrogen-bond acceptors (Lipinski definition) is 4. The smallest absolute Gasteiger partial charge is 0.239 e. The van der Waals surface area contributed by atoms with E-state index in [0.29, 0.717) is 26.3 Å². The van der Waals surface area contributed by atoms with Gasteiger partial charge in [-0.05, 0) is 26.7 Å². The van der Waals surface area contributed by atoms with Crippen LogP contribution < -0.4 is 0 Å². The summed E-state index contributed by atoms with van der Waals surface area (Å²) >= 11 is 0. The molecule has 0 saturated carbocycles. The van der Waals surface area contributed by atoms with Gasteiger partial charge in [0.15, 0.2) is 0 Å². The number of carbonyl (C=O) groups is 1. The van der Waals surface area contributed by atoms with Crippen LogP contribution in [-0.2, 0) is 9.53 Å². The summed E-state index contributed by atoms with van der Waals surface area (Å²) in [4.78, 5) is 16.4. The fraction of sp³-hybridized carbons (Fsp3) is 0.923. The number of ether oxygens (including phenoxy) is 1. The number of likely N-dealkylation sites (tertiary alicyclic amines) is 1. The predicted molar refractivity (Wildman–Crippen MR) is 68.3 cm³/mol. The van der Waals surface area contributed by atoms with E-state index in [1.165, 1.54) is 0 Å². The first-order valence-corrected chi connectivity index (χ1v) is 6.82. The van der Waals surface area contributed by atoms with Crippen molar-refractivity contribution in [1.82, 2.24) is 9.80 Å². The highest BCUT2D eigenvalue weighted by Gasteiger charge is 2.33. The molecule has 1 amide bonds. The second-order valence-electron chi connectivity index (χ2n) is 5.65. The number of piperidine rings is 1. The number of rotatable bonds is 2. The Kier molecular flexibility index (Phi) is 4.25. The number of carbonyl (C=O) groups excluding carboxylic acids is 1. The number of nitrogens with zero attached hydrogens (tertiary/aromatic N) is 2. The summed E-state index contributed by atoms with van der Waals surface area (Å²) in [6, 6.07) is -0.0841. The van der Waals surface area contributed by atoms with Crippen LogP contribution in [0, 0.1) is 0 Å². The molecule has 2 heterocycles. The summed E-state index contributed by atoms with van der Waals surface area (Å²) < 4.78 is 5.26. The van der Waals surface area contributed by atoms with Gasteiger partial charge in [-0.2, -0.15) is 0 Å². The molecule has 2 fully saturated rings. The molecule has 2 rings (SSSR count). The van der Waals surface area contributed by atoms with Gasteiger partial charge in [-0.3, -0.25) is 9.69 Å². The van der Waals surface area contributed by atoms with Gasteiger partial charge < -0.3 is 14.7 Å². The van der Waals surface area contributed by atoms with Crippen molar-refractivity contribution >= 4 is 5.91 Å². The summed E-state index contributed by atoms with van der Waals surface area (Å²) in [6.07, 6.45) is 1.49. The molecule has 0 aromatic heterocycles. The normalized spacial score (nSPS) is 26.9. The molecular weight excluding hydrogens is 232 g/mol. The van der Waals surface area contributed by atoms with E-state index in [4.69, 9.17) is 4.74 Å². The molecule has 0 aromatic rings. The first-order chi connectivity index (χ1) is 8.49. The van der Waals surface area contributed by atoms with Crippen LogP contribution in [0.15, 0.2) is 0 Å². The molecule has 104 valence electrons. The van der Waals surface area contributed by atoms with Gasteiger partial charge in [0, 0.05) is 26.2 Å². The van der Waals surface area contributed by atoms with Crippen LogP contribution in [0.4, 0.5) is 0 Å². The molecule has 18 heavy (non-hydrogen) atoms. The molecule has 5 heteroatoms. The largest absolute Gasteiger partial charge is 0.390 e. The van der Waals surface area contributed by atoms with Gasteiger partial charge in [0.05, 0.1) is 24.9 Å². The van der Waals surface area contributed by atoms with Crippen LogP contribution in [0.2, 0.25) is 0 Å². The first-order valence-electron chi connectivity index (χ1n) is 6.82. The van der Waals surface area contributed by atoms with Crippen LogP contribution in [0.3, 0.4) is 0 Å². The Hall–Kier alpha value is -0.650. The highest BCUT2D eigenvalue weighted by molar-refractivity contribution is 5.81. The topological polar surface area (TPSA) is 53.0 Å². The fourth-order valence-electron chi connectivity index (χ4n) is 2.60. The van der Waals surface area contributed by atoms with E-state index in [2.05, 4.69) is 4.90 Å². The Morgan fingerprint density at radius 3 is 2.33 bits per heavy atom. The minimum atomic E-state index is -0.557. The molecule has 2 aliphatic heterocycles. The Labute approximate surface area is 109 Å². The maximum atomic E-state index is 12.3. The highest BCUT2D eigenvalue weighted by Crippen LogP contribution is 2.23. The van der Waals surface area contributed by atoms with Gasteiger partial charge in [0.25, 0.3) is 0 Å². The lowest BCUT2D eigenvalue weighted by Crippen LogP contribution is -2.54. The zero-order valence-electron chi connectivity index (χ0n) is 11.4. The zero-order chi connectivity index (χ0) is 13.2. The van der Waals surface area contributed by atoms with E-state index in [-0.39, 0.29) is 11.9 Å². The quantitative estimate of drug-likeness (QED) is 0.760. The van der Waals surface area contributed by atoms with Crippen LogP contribution in [0.1, 0.15) is 26.7 Å². The predicted octanol–water partition coefficient (Wildman–Crippen LogP) is 0.0805. The first kappa shape index (κ1) is 13.8. The number of amides is 1. The van der Waals surface area contributed by atoms with Crippen molar-refractivity contribution in [3.63, 3.8) is 0 Å². The minimum absolute atomic E-state index is 0.0841. The number of morpholine rings is 1. The van der Waals surface area contributed by atoms with Gasteiger partial charge in [0.2, 0.25) is 5.91 Å². The summed E-state index contributed by atoms with van der Waals surface area (Å²) in [7, 11) is 0. The van der Waals surface area contributed by atoms with Crippen LogP contribution in [0.25, 0.3) is 0 Å². The third-order valence-electron chi connectivity index (χ3n) is 4.10. The molecule has 0 spiro atoms. The molecule has 0 aliphatic carbocycles. The molecule has 2 saturated heterocycles. The average Bonchev–Trinajstić information content (AvgIpc) is 2.38. The molecular formula is C13H24N2O3.